The number of benzene rings is 1. The predicted molar refractivity (Wildman–Crippen MR) is 79.8 cm³/mol. The summed E-state index contributed by atoms with van der Waals surface area (Å²) in [5, 5.41) is 12.6. The Morgan fingerprint density at radius 2 is 1.71 bits per heavy atom. The van der Waals surface area contributed by atoms with Crippen molar-refractivity contribution in [3.63, 3.8) is 0 Å². The van der Waals surface area contributed by atoms with E-state index in [1.807, 2.05) is 0 Å². The monoisotopic (exact) mass is 312 g/mol. The van der Waals surface area contributed by atoms with Crippen LogP contribution >= 0.6 is 0 Å². The van der Waals surface area contributed by atoms with E-state index in [4.69, 9.17) is 0 Å². The Morgan fingerprint density at radius 1 is 1.14 bits per heavy atom. The van der Waals surface area contributed by atoms with Gasteiger partial charge in [-0.25, -0.2) is 17.9 Å². The molecule has 2 rings (SSSR count). The van der Waals surface area contributed by atoms with Crippen LogP contribution in [0.2, 0.25) is 0 Å². The second kappa shape index (κ2) is 6.03. The fraction of sp³-hybridized carbons (Fsp3) is 0.500. The van der Waals surface area contributed by atoms with Crippen molar-refractivity contribution in [2.24, 2.45) is 0 Å². The fourth-order valence-electron chi connectivity index (χ4n) is 2.66. The minimum absolute atomic E-state index is 0.156. The van der Waals surface area contributed by atoms with Crippen LogP contribution in [-0.4, -0.2) is 32.1 Å². The molecule has 1 aliphatic carbocycles. The van der Waals surface area contributed by atoms with Gasteiger partial charge in [0.05, 0.1) is 4.90 Å². The molecule has 1 aromatic carbocycles. The van der Waals surface area contributed by atoms with Gasteiger partial charge in [-0.1, -0.05) is 19.3 Å². The lowest BCUT2D eigenvalue weighted by Crippen LogP contribution is -2.47. The first kappa shape index (κ1) is 15.8. The van der Waals surface area contributed by atoms with Gasteiger partial charge in [-0.3, -0.25) is 0 Å². The third kappa shape index (κ3) is 3.36. The molecule has 1 aromatic rings. The Bertz CT molecular complexity index is 604. The Kier molecular flexibility index (Phi) is 4.53. The number of carboxylic acid groups (broad SMARTS) is 1. The number of hydrogen-bond donors (Lipinski definition) is 3. The van der Waals surface area contributed by atoms with E-state index in [1.54, 1.807) is 12.1 Å². The highest BCUT2D eigenvalue weighted by atomic mass is 32.2. The molecule has 0 radical (unpaired) electrons. The molecule has 1 fully saturated rings. The molecule has 7 heteroatoms. The third-order valence-electron chi connectivity index (χ3n) is 3.93. The van der Waals surface area contributed by atoms with E-state index in [1.165, 1.54) is 19.2 Å². The molecule has 0 atom stereocenters. The first-order chi connectivity index (χ1) is 9.89. The van der Waals surface area contributed by atoms with Crippen LogP contribution < -0.4 is 10.0 Å². The molecular weight excluding hydrogens is 292 g/mol. The number of nitrogens with one attached hydrogen (secondary N) is 2. The Labute approximate surface area is 124 Å². The van der Waals surface area contributed by atoms with Crippen molar-refractivity contribution in [2.45, 2.75) is 42.5 Å². The molecule has 1 saturated carbocycles. The summed E-state index contributed by atoms with van der Waals surface area (Å²) < 4.78 is 25.5. The molecule has 21 heavy (non-hydrogen) atoms. The lowest BCUT2D eigenvalue weighted by molar-refractivity contribution is -0.143. The smallest absolute Gasteiger partial charge is 0.329 e. The highest BCUT2D eigenvalue weighted by Crippen LogP contribution is 2.32. The average Bonchev–Trinajstić information content (AvgIpc) is 2.48. The van der Waals surface area contributed by atoms with Gasteiger partial charge in [-0.05, 0) is 44.2 Å². The van der Waals surface area contributed by atoms with E-state index in [0.29, 0.717) is 18.5 Å². The zero-order chi connectivity index (χ0) is 15.5. The summed E-state index contributed by atoms with van der Waals surface area (Å²) in [6, 6.07) is 6.13. The first-order valence-corrected chi connectivity index (χ1v) is 8.43. The normalized spacial score (nSPS) is 18.1. The van der Waals surface area contributed by atoms with Crippen LogP contribution in [0.5, 0.6) is 0 Å². The van der Waals surface area contributed by atoms with Gasteiger partial charge in [0.15, 0.2) is 0 Å². The SMILES string of the molecule is CNS(=O)(=O)c1ccc(NC2(C(=O)O)CCCCC2)cc1. The van der Waals surface area contributed by atoms with Crippen LogP contribution in [0.3, 0.4) is 0 Å². The molecule has 116 valence electrons. The fourth-order valence-corrected chi connectivity index (χ4v) is 3.39. The van der Waals surface area contributed by atoms with Crippen molar-refractivity contribution in [1.82, 2.24) is 4.72 Å². The Hall–Kier alpha value is -1.60. The van der Waals surface area contributed by atoms with Crippen LogP contribution in [0.25, 0.3) is 0 Å². The van der Waals surface area contributed by atoms with Crippen molar-refractivity contribution >= 4 is 21.7 Å². The zero-order valence-corrected chi connectivity index (χ0v) is 12.7. The number of sulfonamides is 1. The van der Waals surface area contributed by atoms with E-state index in [2.05, 4.69) is 10.0 Å². The Morgan fingerprint density at radius 3 is 2.19 bits per heavy atom. The lowest BCUT2D eigenvalue weighted by Gasteiger charge is -2.35. The van der Waals surface area contributed by atoms with Gasteiger partial charge in [-0.2, -0.15) is 0 Å². The summed E-state index contributed by atoms with van der Waals surface area (Å²) in [5.41, 5.74) is -0.323. The summed E-state index contributed by atoms with van der Waals surface area (Å²) >= 11 is 0. The molecule has 0 spiro atoms. The molecule has 3 N–H and O–H groups in total. The minimum atomic E-state index is -3.47. The van der Waals surface area contributed by atoms with Crippen molar-refractivity contribution in [3.05, 3.63) is 24.3 Å². The van der Waals surface area contributed by atoms with Gasteiger partial charge in [-0.15, -0.1) is 0 Å². The second-order valence-corrected chi connectivity index (χ2v) is 7.19. The highest BCUT2D eigenvalue weighted by molar-refractivity contribution is 7.89. The van der Waals surface area contributed by atoms with Gasteiger partial charge >= 0.3 is 5.97 Å². The maximum atomic E-state index is 11.6. The van der Waals surface area contributed by atoms with Crippen molar-refractivity contribution in [1.29, 1.82) is 0 Å². The average molecular weight is 312 g/mol. The van der Waals surface area contributed by atoms with Crippen LogP contribution in [0, 0.1) is 0 Å². The molecule has 0 aliphatic heterocycles. The molecule has 0 unspecified atom stereocenters. The maximum Gasteiger partial charge on any atom is 0.329 e. The summed E-state index contributed by atoms with van der Waals surface area (Å²) in [6.45, 7) is 0. The van der Waals surface area contributed by atoms with Gasteiger partial charge in [0.25, 0.3) is 0 Å². The van der Waals surface area contributed by atoms with Crippen molar-refractivity contribution < 1.29 is 18.3 Å². The molecule has 0 aromatic heterocycles. The van der Waals surface area contributed by atoms with Crippen LogP contribution in [-0.2, 0) is 14.8 Å². The van der Waals surface area contributed by atoms with E-state index in [9.17, 15) is 18.3 Å². The number of aliphatic carboxylic acids is 1. The van der Waals surface area contributed by atoms with Crippen LogP contribution in [0.1, 0.15) is 32.1 Å². The lowest BCUT2D eigenvalue weighted by atomic mass is 9.81. The van der Waals surface area contributed by atoms with Gasteiger partial charge < -0.3 is 10.4 Å². The zero-order valence-electron chi connectivity index (χ0n) is 11.9. The quantitative estimate of drug-likeness (QED) is 0.770. The van der Waals surface area contributed by atoms with Gasteiger partial charge in [0.2, 0.25) is 10.0 Å². The van der Waals surface area contributed by atoms with E-state index >= 15 is 0 Å². The topological polar surface area (TPSA) is 95.5 Å². The molecule has 0 saturated heterocycles. The summed E-state index contributed by atoms with van der Waals surface area (Å²) in [6.07, 6.45) is 3.98. The Balaban J connectivity index is 2.21. The number of carbonyl (C=O) groups is 1. The van der Waals surface area contributed by atoms with Crippen molar-refractivity contribution in [3.8, 4) is 0 Å². The van der Waals surface area contributed by atoms with Crippen LogP contribution in [0.4, 0.5) is 5.69 Å². The first-order valence-electron chi connectivity index (χ1n) is 6.95. The number of rotatable bonds is 5. The molecule has 0 amide bonds. The summed E-state index contributed by atoms with van der Waals surface area (Å²) in [5.74, 6) is -0.853. The van der Waals surface area contributed by atoms with E-state index < -0.39 is 21.5 Å². The number of carboxylic acids is 1. The second-order valence-electron chi connectivity index (χ2n) is 5.30. The van der Waals surface area contributed by atoms with E-state index in [-0.39, 0.29) is 4.90 Å². The number of hydrogen-bond acceptors (Lipinski definition) is 4. The number of anilines is 1. The molecule has 0 bridgehead atoms. The van der Waals surface area contributed by atoms with Gasteiger partial charge in [0.1, 0.15) is 5.54 Å². The largest absolute Gasteiger partial charge is 0.480 e. The minimum Gasteiger partial charge on any atom is -0.480 e. The molecule has 6 nitrogen and oxygen atoms in total. The van der Waals surface area contributed by atoms with Crippen molar-refractivity contribution in [2.75, 3.05) is 12.4 Å². The summed E-state index contributed by atoms with van der Waals surface area (Å²) in [7, 11) is -2.12. The third-order valence-corrected chi connectivity index (χ3v) is 5.36. The maximum absolute atomic E-state index is 11.6. The molecular formula is C14H20N2O4S. The highest BCUT2D eigenvalue weighted by Gasteiger charge is 2.39. The van der Waals surface area contributed by atoms with Gasteiger partial charge in [0, 0.05) is 5.69 Å². The molecule has 1 aliphatic rings. The summed E-state index contributed by atoms with van der Waals surface area (Å²) in [4.78, 5) is 11.7. The predicted octanol–water partition coefficient (Wildman–Crippen LogP) is 1.79. The molecule has 0 heterocycles. The van der Waals surface area contributed by atoms with Crippen LogP contribution in [0.15, 0.2) is 29.2 Å². The van der Waals surface area contributed by atoms with E-state index in [0.717, 1.165) is 19.3 Å². The standard InChI is InChI=1S/C14H20N2O4S/c1-15-21(19,20)12-7-5-11(6-8-12)16-14(13(17)18)9-3-2-4-10-14/h5-8,15-16H,2-4,9-10H2,1H3,(H,17,18).